The standard InChI is InChI=1S/C9H8F3NO/c1-2-4-13-5-3-7(6-8(13)14)9(10,11)12/h2-3,5-6H,1,4H2. The molecule has 0 unspecified atom stereocenters. The Morgan fingerprint density at radius 1 is 1.50 bits per heavy atom. The summed E-state index contributed by atoms with van der Waals surface area (Å²) in [5.41, 5.74) is -1.61. The SMILES string of the molecule is C=CCn1ccc(C(F)(F)F)cc1=O. The highest BCUT2D eigenvalue weighted by Gasteiger charge is 2.30. The van der Waals surface area contributed by atoms with Gasteiger partial charge in [0.1, 0.15) is 0 Å². The lowest BCUT2D eigenvalue weighted by Crippen LogP contribution is -2.20. The highest BCUT2D eigenvalue weighted by atomic mass is 19.4. The van der Waals surface area contributed by atoms with Crippen LogP contribution in [0.1, 0.15) is 5.56 Å². The minimum absolute atomic E-state index is 0.205. The van der Waals surface area contributed by atoms with Crippen LogP contribution in [0.5, 0.6) is 0 Å². The molecule has 0 saturated carbocycles. The van der Waals surface area contributed by atoms with Gasteiger partial charge in [0.25, 0.3) is 5.56 Å². The lowest BCUT2D eigenvalue weighted by atomic mass is 10.2. The van der Waals surface area contributed by atoms with E-state index in [0.29, 0.717) is 6.07 Å². The van der Waals surface area contributed by atoms with Crippen molar-refractivity contribution in [2.75, 3.05) is 0 Å². The molecule has 0 aliphatic rings. The van der Waals surface area contributed by atoms with Crippen LogP contribution in [-0.2, 0) is 12.7 Å². The molecule has 1 aromatic rings. The number of aromatic nitrogens is 1. The highest BCUT2D eigenvalue weighted by Crippen LogP contribution is 2.27. The van der Waals surface area contributed by atoms with Crippen molar-refractivity contribution >= 4 is 0 Å². The molecule has 1 aromatic heterocycles. The zero-order chi connectivity index (χ0) is 10.8. The molecule has 0 spiro atoms. The summed E-state index contributed by atoms with van der Waals surface area (Å²) in [5.74, 6) is 0. The Kier molecular flexibility index (Phi) is 2.78. The monoisotopic (exact) mass is 203 g/mol. The van der Waals surface area contributed by atoms with Crippen LogP contribution in [0.3, 0.4) is 0 Å². The third-order valence-electron chi connectivity index (χ3n) is 1.65. The summed E-state index contributed by atoms with van der Waals surface area (Å²) in [4.78, 5) is 11.1. The fraction of sp³-hybridized carbons (Fsp3) is 0.222. The molecule has 1 rings (SSSR count). The zero-order valence-corrected chi connectivity index (χ0v) is 7.21. The predicted octanol–water partition coefficient (Wildman–Crippen LogP) is 2.05. The normalized spacial score (nSPS) is 11.4. The van der Waals surface area contributed by atoms with Gasteiger partial charge in [0.15, 0.2) is 0 Å². The van der Waals surface area contributed by atoms with Crippen LogP contribution < -0.4 is 5.56 Å². The van der Waals surface area contributed by atoms with E-state index in [4.69, 9.17) is 0 Å². The van der Waals surface area contributed by atoms with Crippen molar-refractivity contribution in [1.29, 1.82) is 0 Å². The fourth-order valence-corrected chi connectivity index (χ4v) is 0.974. The number of halogens is 3. The second kappa shape index (κ2) is 3.69. The first-order valence-electron chi connectivity index (χ1n) is 3.83. The molecule has 76 valence electrons. The molecule has 14 heavy (non-hydrogen) atoms. The van der Waals surface area contributed by atoms with E-state index in [-0.39, 0.29) is 6.54 Å². The van der Waals surface area contributed by atoms with Crippen LogP contribution in [0.15, 0.2) is 35.8 Å². The van der Waals surface area contributed by atoms with E-state index in [1.165, 1.54) is 6.08 Å². The van der Waals surface area contributed by atoms with Gasteiger partial charge in [0.05, 0.1) is 5.56 Å². The second-order valence-corrected chi connectivity index (χ2v) is 2.69. The van der Waals surface area contributed by atoms with Crippen LogP contribution in [0.4, 0.5) is 13.2 Å². The smallest absolute Gasteiger partial charge is 0.312 e. The number of nitrogens with zero attached hydrogens (tertiary/aromatic N) is 1. The van der Waals surface area contributed by atoms with Gasteiger partial charge < -0.3 is 4.57 Å². The molecule has 0 bridgehead atoms. The van der Waals surface area contributed by atoms with E-state index in [9.17, 15) is 18.0 Å². The number of allylic oxidation sites excluding steroid dienone is 1. The molecule has 0 aromatic carbocycles. The van der Waals surface area contributed by atoms with Crippen LogP contribution >= 0.6 is 0 Å². The van der Waals surface area contributed by atoms with Gasteiger partial charge in [-0.05, 0) is 6.07 Å². The van der Waals surface area contributed by atoms with E-state index in [1.807, 2.05) is 0 Å². The maximum atomic E-state index is 12.1. The average molecular weight is 203 g/mol. The highest BCUT2D eigenvalue weighted by molar-refractivity contribution is 5.14. The van der Waals surface area contributed by atoms with Gasteiger partial charge >= 0.3 is 6.18 Å². The fourth-order valence-electron chi connectivity index (χ4n) is 0.974. The number of hydrogen-bond donors (Lipinski definition) is 0. The van der Waals surface area contributed by atoms with Gasteiger partial charge in [-0.3, -0.25) is 4.79 Å². The molecule has 0 atom stereocenters. The first-order chi connectivity index (χ1) is 6.45. The first-order valence-corrected chi connectivity index (χ1v) is 3.83. The van der Waals surface area contributed by atoms with Crippen molar-refractivity contribution < 1.29 is 13.2 Å². The molecule has 5 heteroatoms. The summed E-state index contributed by atoms with van der Waals surface area (Å²) in [6, 6.07) is 1.44. The van der Waals surface area contributed by atoms with Crippen molar-refractivity contribution in [2.24, 2.45) is 0 Å². The quantitative estimate of drug-likeness (QED) is 0.674. The molecule has 0 saturated heterocycles. The van der Waals surface area contributed by atoms with Gasteiger partial charge in [0.2, 0.25) is 0 Å². The minimum atomic E-state index is -4.47. The van der Waals surface area contributed by atoms with Crippen LogP contribution in [-0.4, -0.2) is 4.57 Å². The third-order valence-corrected chi connectivity index (χ3v) is 1.65. The Labute approximate surface area is 78.3 Å². The number of hydrogen-bond acceptors (Lipinski definition) is 1. The summed E-state index contributed by atoms with van der Waals surface area (Å²) in [6.07, 6.45) is -1.92. The van der Waals surface area contributed by atoms with E-state index in [1.54, 1.807) is 0 Å². The van der Waals surface area contributed by atoms with Crippen molar-refractivity contribution in [3.05, 3.63) is 46.9 Å². The molecule has 0 fully saturated rings. The van der Waals surface area contributed by atoms with Gasteiger partial charge in [-0.15, -0.1) is 6.58 Å². The Balaban J connectivity index is 3.13. The van der Waals surface area contributed by atoms with E-state index >= 15 is 0 Å². The van der Waals surface area contributed by atoms with Crippen molar-refractivity contribution in [3.63, 3.8) is 0 Å². The Bertz CT molecular complexity index is 392. The predicted molar refractivity (Wildman–Crippen MR) is 45.9 cm³/mol. The topological polar surface area (TPSA) is 22.0 Å². The Morgan fingerprint density at radius 2 is 2.14 bits per heavy atom. The lowest BCUT2D eigenvalue weighted by molar-refractivity contribution is -0.137. The second-order valence-electron chi connectivity index (χ2n) is 2.69. The summed E-state index contributed by atoms with van der Waals surface area (Å²) >= 11 is 0. The van der Waals surface area contributed by atoms with E-state index in [2.05, 4.69) is 6.58 Å². The molecular formula is C9H8F3NO. The molecule has 0 radical (unpaired) electrons. The van der Waals surface area contributed by atoms with Crippen LogP contribution in [0.2, 0.25) is 0 Å². The van der Waals surface area contributed by atoms with Crippen molar-refractivity contribution in [1.82, 2.24) is 4.57 Å². The van der Waals surface area contributed by atoms with E-state index in [0.717, 1.165) is 16.8 Å². The molecule has 0 aliphatic carbocycles. The molecule has 2 nitrogen and oxygen atoms in total. The van der Waals surface area contributed by atoms with Crippen LogP contribution in [0, 0.1) is 0 Å². The summed E-state index contributed by atoms with van der Waals surface area (Å²) in [7, 11) is 0. The van der Waals surface area contributed by atoms with Gasteiger partial charge in [-0.1, -0.05) is 6.08 Å². The maximum Gasteiger partial charge on any atom is 0.416 e. The molecule has 0 N–H and O–H groups in total. The average Bonchev–Trinajstić information content (AvgIpc) is 2.07. The van der Waals surface area contributed by atoms with Gasteiger partial charge in [-0.25, -0.2) is 0 Å². The first kappa shape index (κ1) is 10.6. The van der Waals surface area contributed by atoms with E-state index < -0.39 is 17.3 Å². The molecule has 1 heterocycles. The van der Waals surface area contributed by atoms with Crippen LogP contribution in [0.25, 0.3) is 0 Å². The largest absolute Gasteiger partial charge is 0.416 e. The Morgan fingerprint density at radius 3 is 2.57 bits per heavy atom. The van der Waals surface area contributed by atoms with Crippen molar-refractivity contribution in [3.8, 4) is 0 Å². The number of rotatable bonds is 2. The molecule has 0 aliphatic heterocycles. The minimum Gasteiger partial charge on any atom is -0.312 e. The summed E-state index contributed by atoms with van der Waals surface area (Å²) < 4.78 is 37.5. The van der Waals surface area contributed by atoms with Crippen molar-refractivity contribution in [2.45, 2.75) is 12.7 Å². The summed E-state index contributed by atoms with van der Waals surface area (Å²) in [6.45, 7) is 3.59. The Hall–Kier alpha value is -1.52. The lowest BCUT2D eigenvalue weighted by Gasteiger charge is -2.07. The summed E-state index contributed by atoms with van der Waals surface area (Å²) in [5, 5.41) is 0. The molecule has 0 amide bonds. The zero-order valence-electron chi connectivity index (χ0n) is 7.21. The number of pyridine rings is 1. The van der Waals surface area contributed by atoms with Gasteiger partial charge in [0, 0.05) is 18.8 Å². The maximum absolute atomic E-state index is 12.1. The molecular weight excluding hydrogens is 195 g/mol. The third kappa shape index (κ3) is 2.25. The number of alkyl halides is 3. The van der Waals surface area contributed by atoms with Gasteiger partial charge in [-0.2, -0.15) is 13.2 Å².